The molecule has 0 bridgehead atoms. The van der Waals surface area contributed by atoms with Crippen molar-refractivity contribution in [1.29, 1.82) is 0 Å². The van der Waals surface area contributed by atoms with Gasteiger partial charge in [-0.25, -0.2) is 9.18 Å². The van der Waals surface area contributed by atoms with E-state index in [-0.39, 0.29) is 16.6 Å². The Balaban J connectivity index is 2.04. The number of rotatable bonds is 1. The number of ketones is 1. The lowest BCUT2D eigenvalue weighted by molar-refractivity contribution is 0.00414. The molecule has 0 aromatic heterocycles. The lowest BCUT2D eigenvalue weighted by Gasteiger charge is -2.38. The van der Waals surface area contributed by atoms with E-state index in [0.717, 1.165) is 6.07 Å². The fourth-order valence-electron chi connectivity index (χ4n) is 1.97. The lowest BCUT2D eigenvalue weighted by Crippen LogP contribution is -2.52. The van der Waals surface area contributed by atoms with Crippen LogP contribution < -0.4 is 0 Å². The van der Waals surface area contributed by atoms with Gasteiger partial charge < -0.3 is 4.74 Å². The first-order valence-corrected chi connectivity index (χ1v) is 7.56. The number of nitrogens with zero attached hydrogens (tertiary/aromatic N) is 1. The molecule has 1 heterocycles. The summed E-state index contributed by atoms with van der Waals surface area (Å²) in [6, 6.07) is 3.40. The third-order valence-electron chi connectivity index (χ3n) is 3.18. The van der Waals surface area contributed by atoms with Crippen LogP contribution in [0.4, 0.5) is 9.18 Å². The fourth-order valence-corrected chi connectivity index (χ4v) is 2.13. The zero-order valence-electron chi connectivity index (χ0n) is 13.2. The highest BCUT2D eigenvalue weighted by Crippen LogP contribution is 2.21. The number of benzene rings is 1. The maximum atomic E-state index is 13.7. The molecule has 0 spiro atoms. The summed E-state index contributed by atoms with van der Waals surface area (Å²) in [5.41, 5.74) is -0.725. The largest absolute Gasteiger partial charge is 0.444 e. The van der Waals surface area contributed by atoms with Gasteiger partial charge in [0.2, 0.25) is 5.78 Å². The monoisotopic (exact) mass is 337 g/mol. The zero-order valence-corrected chi connectivity index (χ0v) is 13.9. The van der Waals surface area contributed by atoms with E-state index in [9.17, 15) is 14.0 Å². The maximum absolute atomic E-state index is 13.7. The molecule has 4 nitrogen and oxygen atoms in total. The minimum Gasteiger partial charge on any atom is -0.444 e. The van der Waals surface area contributed by atoms with Crippen molar-refractivity contribution in [1.82, 2.24) is 4.90 Å². The van der Waals surface area contributed by atoms with Crippen molar-refractivity contribution in [2.45, 2.75) is 38.8 Å². The Kier molecular flexibility index (Phi) is 4.96. The van der Waals surface area contributed by atoms with E-state index < -0.39 is 23.3 Å². The van der Waals surface area contributed by atoms with Crippen LogP contribution in [-0.4, -0.2) is 35.0 Å². The number of amides is 1. The van der Waals surface area contributed by atoms with Crippen molar-refractivity contribution in [2.75, 3.05) is 6.54 Å². The van der Waals surface area contributed by atoms with Gasteiger partial charge in [-0.05, 0) is 51.3 Å². The minimum atomic E-state index is -0.714. The minimum absolute atomic E-state index is 0.134. The Morgan fingerprint density at radius 1 is 1.39 bits per heavy atom. The number of carbonyl (C=O) groups excluding carboxylic acids is 2. The third-order valence-corrected chi connectivity index (χ3v) is 3.41. The molecule has 1 aromatic carbocycles. The second kappa shape index (κ2) is 6.59. The number of ether oxygens (including phenoxy) is 1. The second-order valence-corrected chi connectivity index (χ2v) is 6.64. The molecule has 1 aliphatic rings. The summed E-state index contributed by atoms with van der Waals surface area (Å²) in [5.74, 6) is 3.73. The SMILES string of the molecule is CC(C)(C)OC(=O)N1CCC1C#CC(=O)c1ccc(Cl)cc1F. The second-order valence-electron chi connectivity index (χ2n) is 6.20. The molecule has 0 N–H and O–H groups in total. The third kappa shape index (κ3) is 4.46. The van der Waals surface area contributed by atoms with Crippen LogP contribution in [0.2, 0.25) is 5.02 Å². The summed E-state index contributed by atoms with van der Waals surface area (Å²) < 4.78 is 18.9. The lowest BCUT2D eigenvalue weighted by atomic mass is 10.0. The van der Waals surface area contributed by atoms with Crippen LogP contribution in [0.25, 0.3) is 0 Å². The highest BCUT2D eigenvalue weighted by molar-refractivity contribution is 6.30. The van der Waals surface area contributed by atoms with Crippen LogP contribution in [0, 0.1) is 17.7 Å². The van der Waals surface area contributed by atoms with Gasteiger partial charge in [0.15, 0.2) is 0 Å². The van der Waals surface area contributed by atoms with Gasteiger partial charge in [-0.1, -0.05) is 17.5 Å². The zero-order chi connectivity index (χ0) is 17.2. The quantitative estimate of drug-likeness (QED) is 0.446. The Labute approximate surface area is 139 Å². The highest BCUT2D eigenvalue weighted by Gasteiger charge is 2.34. The van der Waals surface area contributed by atoms with Crippen LogP contribution >= 0.6 is 11.6 Å². The molecule has 23 heavy (non-hydrogen) atoms. The summed E-state index contributed by atoms with van der Waals surface area (Å²) in [6.45, 7) is 5.85. The molecule has 1 unspecified atom stereocenters. The van der Waals surface area contributed by atoms with E-state index in [1.165, 1.54) is 17.0 Å². The van der Waals surface area contributed by atoms with Gasteiger partial charge in [-0.2, -0.15) is 0 Å². The molecule has 0 saturated carbocycles. The number of likely N-dealkylation sites (tertiary alicyclic amines) is 1. The summed E-state index contributed by atoms with van der Waals surface area (Å²) in [4.78, 5) is 25.3. The maximum Gasteiger partial charge on any atom is 0.411 e. The molecule has 1 aromatic rings. The Morgan fingerprint density at radius 3 is 2.61 bits per heavy atom. The predicted molar refractivity (Wildman–Crippen MR) is 84.9 cm³/mol. The van der Waals surface area contributed by atoms with Crippen LogP contribution in [0.3, 0.4) is 0 Å². The number of Topliss-reactive ketones (excluding diaryl/α,β-unsaturated/α-hetero) is 1. The Bertz CT molecular complexity index is 700. The average Bonchev–Trinajstić information content (AvgIpc) is 2.34. The van der Waals surface area contributed by atoms with Gasteiger partial charge in [0.05, 0.1) is 11.6 Å². The Hall–Kier alpha value is -2.06. The molecule has 1 amide bonds. The van der Waals surface area contributed by atoms with Gasteiger partial charge >= 0.3 is 6.09 Å². The van der Waals surface area contributed by atoms with Crippen molar-refractivity contribution in [3.05, 3.63) is 34.6 Å². The van der Waals surface area contributed by atoms with Crippen molar-refractivity contribution in [3.63, 3.8) is 0 Å². The van der Waals surface area contributed by atoms with Crippen LogP contribution in [0.15, 0.2) is 18.2 Å². The molecule has 1 fully saturated rings. The summed E-state index contributed by atoms with van der Waals surface area (Å²) in [7, 11) is 0. The normalized spacial score (nSPS) is 16.9. The van der Waals surface area contributed by atoms with E-state index in [1.54, 1.807) is 20.8 Å². The number of halogens is 2. The van der Waals surface area contributed by atoms with E-state index >= 15 is 0 Å². The van der Waals surface area contributed by atoms with Gasteiger partial charge in [-0.15, -0.1) is 0 Å². The van der Waals surface area contributed by atoms with E-state index in [2.05, 4.69) is 11.8 Å². The predicted octanol–water partition coefficient (Wildman–Crippen LogP) is 3.67. The molecule has 6 heteroatoms. The standard InChI is InChI=1S/C17H17ClFNO3/c1-17(2,3)23-16(22)20-9-8-12(20)5-7-15(21)13-6-4-11(18)10-14(13)19/h4,6,10,12H,8-9H2,1-3H3. The van der Waals surface area contributed by atoms with E-state index in [0.29, 0.717) is 13.0 Å². The van der Waals surface area contributed by atoms with Crippen molar-refractivity contribution >= 4 is 23.5 Å². The van der Waals surface area contributed by atoms with Crippen molar-refractivity contribution in [3.8, 4) is 11.8 Å². The van der Waals surface area contributed by atoms with Crippen molar-refractivity contribution < 1.29 is 18.7 Å². The van der Waals surface area contributed by atoms with Crippen LogP contribution in [-0.2, 0) is 4.74 Å². The topological polar surface area (TPSA) is 46.6 Å². The molecule has 1 atom stereocenters. The van der Waals surface area contributed by atoms with Crippen LogP contribution in [0.1, 0.15) is 37.6 Å². The molecule has 1 saturated heterocycles. The molecule has 0 aliphatic carbocycles. The molecular weight excluding hydrogens is 321 g/mol. The smallest absolute Gasteiger partial charge is 0.411 e. The molecular formula is C17H17ClFNO3. The van der Waals surface area contributed by atoms with Gasteiger partial charge in [0.25, 0.3) is 0 Å². The van der Waals surface area contributed by atoms with Crippen LogP contribution in [0.5, 0.6) is 0 Å². The number of carbonyl (C=O) groups is 2. The van der Waals surface area contributed by atoms with Gasteiger partial charge in [0.1, 0.15) is 11.4 Å². The number of hydrogen-bond acceptors (Lipinski definition) is 3. The van der Waals surface area contributed by atoms with Crippen molar-refractivity contribution in [2.24, 2.45) is 0 Å². The fraction of sp³-hybridized carbons (Fsp3) is 0.412. The molecule has 0 radical (unpaired) electrons. The molecule has 122 valence electrons. The first kappa shape index (κ1) is 17.3. The molecule has 1 aliphatic heterocycles. The molecule has 2 rings (SSSR count). The first-order chi connectivity index (χ1) is 10.7. The number of hydrogen-bond donors (Lipinski definition) is 0. The van der Waals surface area contributed by atoms with E-state index in [1.807, 2.05) is 0 Å². The Morgan fingerprint density at radius 2 is 2.09 bits per heavy atom. The first-order valence-electron chi connectivity index (χ1n) is 7.18. The summed E-state index contributed by atoms with van der Waals surface area (Å²) >= 11 is 5.64. The average molecular weight is 338 g/mol. The highest BCUT2D eigenvalue weighted by atomic mass is 35.5. The van der Waals surface area contributed by atoms with E-state index in [4.69, 9.17) is 16.3 Å². The summed E-state index contributed by atoms with van der Waals surface area (Å²) in [6.07, 6.45) is 0.191. The summed E-state index contributed by atoms with van der Waals surface area (Å²) in [5, 5.41) is 0.210. The van der Waals surface area contributed by atoms with Gasteiger partial charge in [0, 0.05) is 11.6 Å². The van der Waals surface area contributed by atoms with Gasteiger partial charge in [-0.3, -0.25) is 9.69 Å².